The average molecular weight is 220 g/mol. The lowest BCUT2D eigenvalue weighted by Gasteiger charge is -2.04. The van der Waals surface area contributed by atoms with Crippen molar-refractivity contribution in [1.82, 2.24) is 9.97 Å². The van der Waals surface area contributed by atoms with E-state index < -0.39 is 0 Å². The lowest BCUT2D eigenvalue weighted by molar-refractivity contribution is -0.142. The van der Waals surface area contributed by atoms with Crippen LogP contribution < -0.4 is 5.32 Å². The van der Waals surface area contributed by atoms with Crippen molar-refractivity contribution in [3.05, 3.63) is 18.0 Å². The maximum absolute atomic E-state index is 11.0. The van der Waals surface area contributed by atoms with Crippen molar-refractivity contribution in [3.8, 4) is 6.07 Å². The number of esters is 1. The van der Waals surface area contributed by atoms with Gasteiger partial charge in [-0.05, 0) is 13.0 Å². The Labute approximate surface area is 93.3 Å². The molecule has 0 saturated carbocycles. The highest BCUT2D eigenvalue weighted by atomic mass is 16.5. The maximum atomic E-state index is 11.0. The Balaban J connectivity index is 2.37. The van der Waals surface area contributed by atoms with E-state index in [-0.39, 0.29) is 18.1 Å². The second-order valence-corrected chi connectivity index (χ2v) is 2.86. The van der Waals surface area contributed by atoms with Gasteiger partial charge in [-0.3, -0.25) is 4.79 Å². The second-order valence-electron chi connectivity index (χ2n) is 2.86. The van der Waals surface area contributed by atoms with Gasteiger partial charge >= 0.3 is 5.97 Å². The summed E-state index contributed by atoms with van der Waals surface area (Å²) in [4.78, 5) is 18.8. The van der Waals surface area contributed by atoms with E-state index >= 15 is 0 Å². The van der Waals surface area contributed by atoms with Gasteiger partial charge < -0.3 is 10.1 Å². The maximum Gasteiger partial charge on any atom is 0.307 e. The Hall–Kier alpha value is -2.16. The van der Waals surface area contributed by atoms with Crippen molar-refractivity contribution in [2.75, 3.05) is 18.5 Å². The topological polar surface area (TPSA) is 87.9 Å². The summed E-state index contributed by atoms with van der Waals surface area (Å²) >= 11 is 0. The van der Waals surface area contributed by atoms with Crippen LogP contribution in [0.15, 0.2) is 12.3 Å². The first kappa shape index (κ1) is 11.9. The Morgan fingerprint density at radius 2 is 2.50 bits per heavy atom. The van der Waals surface area contributed by atoms with Gasteiger partial charge in [0.05, 0.1) is 13.0 Å². The Morgan fingerprint density at radius 1 is 1.69 bits per heavy atom. The fraction of sp³-hybridized carbons (Fsp3) is 0.400. The van der Waals surface area contributed by atoms with Crippen molar-refractivity contribution in [1.29, 1.82) is 5.26 Å². The molecular formula is C10H12N4O2. The van der Waals surface area contributed by atoms with Crippen molar-refractivity contribution in [2.45, 2.75) is 13.3 Å². The molecule has 0 atom stereocenters. The number of aromatic nitrogens is 2. The molecule has 0 spiro atoms. The van der Waals surface area contributed by atoms with Gasteiger partial charge in [0.15, 0.2) is 0 Å². The smallest absolute Gasteiger partial charge is 0.307 e. The number of carbonyl (C=O) groups excluding carboxylic acids is 1. The quantitative estimate of drug-likeness (QED) is 0.735. The van der Waals surface area contributed by atoms with Crippen LogP contribution in [0.3, 0.4) is 0 Å². The molecule has 0 aromatic carbocycles. The van der Waals surface area contributed by atoms with Crippen molar-refractivity contribution in [3.63, 3.8) is 0 Å². The van der Waals surface area contributed by atoms with Crippen LogP contribution in [-0.4, -0.2) is 29.1 Å². The number of rotatable bonds is 5. The minimum absolute atomic E-state index is 0.244. The summed E-state index contributed by atoms with van der Waals surface area (Å²) in [7, 11) is 0. The van der Waals surface area contributed by atoms with Crippen LogP contribution in [-0.2, 0) is 9.53 Å². The van der Waals surface area contributed by atoms with E-state index in [1.54, 1.807) is 6.92 Å². The van der Waals surface area contributed by atoms with Gasteiger partial charge in [0, 0.05) is 12.7 Å². The zero-order chi connectivity index (χ0) is 11.8. The summed E-state index contributed by atoms with van der Waals surface area (Å²) in [5.41, 5.74) is 0.286. The van der Waals surface area contributed by atoms with Gasteiger partial charge in [0.25, 0.3) is 0 Å². The molecule has 1 heterocycles. The molecule has 0 aliphatic rings. The third-order valence-electron chi connectivity index (χ3n) is 1.69. The lowest BCUT2D eigenvalue weighted by atomic mass is 10.4. The number of nitrogens with one attached hydrogen (secondary N) is 1. The minimum atomic E-state index is -0.272. The first-order valence-electron chi connectivity index (χ1n) is 4.89. The highest BCUT2D eigenvalue weighted by Gasteiger charge is 2.02. The predicted molar refractivity (Wildman–Crippen MR) is 56.5 cm³/mol. The molecule has 0 amide bonds. The molecule has 0 fully saturated rings. The fourth-order valence-electron chi connectivity index (χ4n) is 1.02. The molecule has 1 aromatic heterocycles. The number of ether oxygens (including phenoxy) is 1. The molecule has 1 aromatic rings. The Kier molecular flexibility index (Phi) is 4.73. The van der Waals surface area contributed by atoms with E-state index in [4.69, 9.17) is 10.00 Å². The highest BCUT2D eigenvalue weighted by Crippen LogP contribution is 1.99. The van der Waals surface area contributed by atoms with E-state index in [9.17, 15) is 4.79 Å². The van der Waals surface area contributed by atoms with Crippen LogP contribution in [0.2, 0.25) is 0 Å². The molecule has 84 valence electrons. The van der Waals surface area contributed by atoms with Gasteiger partial charge in [0.2, 0.25) is 5.95 Å². The summed E-state index contributed by atoms with van der Waals surface area (Å²) in [6.45, 7) is 2.51. The van der Waals surface area contributed by atoms with Crippen LogP contribution in [0, 0.1) is 11.3 Å². The fourth-order valence-corrected chi connectivity index (χ4v) is 1.02. The molecule has 0 aliphatic heterocycles. The SMILES string of the molecule is CCOC(=O)CCNc1nccc(C#N)n1. The number of carbonyl (C=O) groups is 1. The van der Waals surface area contributed by atoms with Crippen LogP contribution in [0.4, 0.5) is 5.95 Å². The third-order valence-corrected chi connectivity index (χ3v) is 1.69. The Morgan fingerprint density at radius 3 is 3.19 bits per heavy atom. The standard InChI is InChI=1S/C10H12N4O2/c1-2-16-9(15)4-6-13-10-12-5-3-8(7-11)14-10/h3,5H,2,4,6H2,1H3,(H,12,13,14). The minimum Gasteiger partial charge on any atom is -0.466 e. The van der Waals surface area contributed by atoms with E-state index in [0.717, 1.165) is 0 Å². The second kappa shape index (κ2) is 6.35. The van der Waals surface area contributed by atoms with Crippen molar-refractivity contribution < 1.29 is 9.53 Å². The summed E-state index contributed by atoms with van der Waals surface area (Å²) in [6.07, 6.45) is 1.73. The number of hydrogen-bond acceptors (Lipinski definition) is 6. The normalized spacial score (nSPS) is 9.25. The summed E-state index contributed by atoms with van der Waals surface area (Å²) in [6, 6.07) is 3.41. The molecule has 1 N–H and O–H groups in total. The molecular weight excluding hydrogens is 208 g/mol. The third kappa shape index (κ3) is 3.92. The summed E-state index contributed by atoms with van der Waals surface area (Å²) in [5, 5.41) is 11.4. The molecule has 0 saturated heterocycles. The molecule has 0 radical (unpaired) electrons. The predicted octanol–water partition coefficient (Wildman–Crippen LogP) is 0.713. The van der Waals surface area contributed by atoms with Gasteiger partial charge in [-0.25, -0.2) is 9.97 Å². The summed E-state index contributed by atoms with van der Waals surface area (Å²) in [5.74, 6) is 0.0646. The molecule has 6 heteroatoms. The molecule has 0 aliphatic carbocycles. The number of anilines is 1. The highest BCUT2D eigenvalue weighted by molar-refractivity contribution is 5.69. The number of hydrogen-bond donors (Lipinski definition) is 1. The van der Waals surface area contributed by atoms with Crippen LogP contribution in [0.5, 0.6) is 0 Å². The van der Waals surface area contributed by atoms with Crippen molar-refractivity contribution in [2.24, 2.45) is 0 Å². The molecule has 6 nitrogen and oxygen atoms in total. The zero-order valence-electron chi connectivity index (χ0n) is 8.93. The Bertz CT molecular complexity index is 400. The van der Waals surface area contributed by atoms with E-state index in [2.05, 4.69) is 15.3 Å². The van der Waals surface area contributed by atoms with Crippen LogP contribution in [0.1, 0.15) is 19.0 Å². The average Bonchev–Trinajstić information content (AvgIpc) is 2.30. The molecule has 0 unspecified atom stereocenters. The van der Waals surface area contributed by atoms with Gasteiger partial charge in [0.1, 0.15) is 11.8 Å². The molecule has 0 bridgehead atoms. The van der Waals surface area contributed by atoms with Crippen LogP contribution >= 0.6 is 0 Å². The van der Waals surface area contributed by atoms with Gasteiger partial charge in [-0.1, -0.05) is 0 Å². The molecule has 16 heavy (non-hydrogen) atoms. The zero-order valence-corrected chi connectivity index (χ0v) is 8.93. The first-order valence-corrected chi connectivity index (χ1v) is 4.89. The van der Waals surface area contributed by atoms with Crippen molar-refractivity contribution >= 4 is 11.9 Å². The molecule has 1 rings (SSSR count). The number of nitriles is 1. The van der Waals surface area contributed by atoms with Gasteiger partial charge in [-0.15, -0.1) is 0 Å². The van der Waals surface area contributed by atoms with Crippen LogP contribution in [0.25, 0.3) is 0 Å². The monoisotopic (exact) mass is 220 g/mol. The summed E-state index contributed by atoms with van der Waals surface area (Å²) < 4.78 is 4.75. The van der Waals surface area contributed by atoms with E-state index in [1.807, 2.05) is 6.07 Å². The van der Waals surface area contributed by atoms with Gasteiger partial charge in [-0.2, -0.15) is 5.26 Å². The lowest BCUT2D eigenvalue weighted by Crippen LogP contribution is -2.12. The van der Waals surface area contributed by atoms with E-state index in [0.29, 0.717) is 19.1 Å². The first-order chi connectivity index (χ1) is 7.76. The number of nitrogens with zero attached hydrogens (tertiary/aromatic N) is 3. The largest absolute Gasteiger partial charge is 0.466 e. The van der Waals surface area contributed by atoms with E-state index in [1.165, 1.54) is 12.3 Å².